The van der Waals surface area contributed by atoms with Gasteiger partial charge >= 0.3 is 26.2 Å². The summed E-state index contributed by atoms with van der Waals surface area (Å²) in [5.41, 5.74) is 0.438. The number of benzene rings is 3. The zero-order valence-corrected chi connectivity index (χ0v) is 20.8. The number of aliphatic carboxylic acids is 3. The van der Waals surface area contributed by atoms with Crippen LogP contribution >= 0.6 is 0 Å². The van der Waals surface area contributed by atoms with Gasteiger partial charge in [-0.2, -0.15) is 0 Å². The maximum atomic E-state index is 10.7. The number of hydrogen-bond acceptors (Lipinski definition) is 9. The van der Waals surface area contributed by atoms with Crippen LogP contribution in [0.15, 0.2) is 91.0 Å². The monoisotopic (exact) mass is 656 g/mol. The first-order valence-corrected chi connectivity index (χ1v) is 9.07. The second-order valence-electron chi connectivity index (χ2n) is 5.95. The summed E-state index contributed by atoms with van der Waals surface area (Å²) >= 11 is 0. The normalized spacial score (nSPS) is 8.82. The van der Waals surface area contributed by atoms with Gasteiger partial charge in [0.2, 0.25) is 17.3 Å². The number of ketones is 3. The van der Waals surface area contributed by atoms with Gasteiger partial charge in [-0.25, -0.2) is 0 Å². The SMILES string of the molecule is O=C([O-])C(=O)c1ccccc1.O=C([O-])C(=O)c1ccccc1.O=C([O-])C(=O)c1ccccc1.[Bi+3]. The Labute approximate surface area is 212 Å². The van der Waals surface area contributed by atoms with Gasteiger partial charge < -0.3 is 29.7 Å². The largest absolute Gasteiger partial charge is 3.00 e. The van der Waals surface area contributed by atoms with E-state index in [9.17, 15) is 44.1 Å². The number of hydrogen-bond donors (Lipinski definition) is 0. The molecule has 0 unspecified atom stereocenters. The molecule has 0 aliphatic rings. The fourth-order valence-corrected chi connectivity index (χ4v) is 2.12. The minimum Gasteiger partial charge on any atom is -0.541 e. The van der Waals surface area contributed by atoms with E-state index in [-0.39, 0.29) is 42.9 Å². The summed E-state index contributed by atoms with van der Waals surface area (Å²) in [5, 5.41) is 30.1. The Morgan fingerprint density at radius 3 is 0.706 bits per heavy atom. The first-order chi connectivity index (χ1) is 15.6. The maximum absolute atomic E-state index is 10.7. The summed E-state index contributed by atoms with van der Waals surface area (Å²) in [6, 6.07) is 23.2. The van der Waals surface area contributed by atoms with Crippen LogP contribution in [0.3, 0.4) is 0 Å². The minimum absolute atomic E-state index is 0. The number of carbonyl (C=O) groups is 6. The number of carbonyl (C=O) groups excluding carboxylic acids is 6. The van der Waals surface area contributed by atoms with E-state index in [1.54, 1.807) is 54.6 Å². The van der Waals surface area contributed by atoms with Crippen LogP contribution in [0.1, 0.15) is 31.1 Å². The predicted octanol–water partition coefficient (Wildman–Crippen LogP) is -1.52. The molecule has 0 fully saturated rings. The van der Waals surface area contributed by atoms with Gasteiger partial charge in [-0.05, 0) is 0 Å². The van der Waals surface area contributed by atoms with Crippen LogP contribution in [-0.2, 0) is 14.4 Å². The third-order valence-electron chi connectivity index (χ3n) is 3.66. The molecule has 0 heterocycles. The van der Waals surface area contributed by atoms with Crippen LogP contribution in [0, 0.1) is 0 Å². The maximum Gasteiger partial charge on any atom is 3.00 e. The van der Waals surface area contributed by atoms with Crippen LogP contribution < -0.4 is 15.3 Å². The standard InChI is InChI=1S/3C8H6O3.Bi/c3*9-7(8(10)11)6-4-2-1-3-5-6;/h3*1-5H,(H,10,11);/q;;;+3/p-3. The molecule has 0 saturated heterocycles. The average molecular weight is 656 g/mol. The molecule has 0 N–H and O–H groups in total. The molecule has 0 bridgehead atoms. The van der Waals surface area contributed by atoms with Crippen molar-refractivity contribution in [3.63, 3.8) is 0 Å². The van der Waals surface area contributed by atoms with Crippen molar-refractivity contribution in [1.82, 2.24) is 0 Å². The van der Waals surface area contributed by atoms with Crippen molar-refractivity contribution in [2.75, 3.05) is 0 Å². The van der Waals surface area contributed by atoms with Gasteiger partial charge in [0, 0.05) is 16.7 Å². The van der Waals surface area contributed by atoms with Crippen molar-refractivity contribution in [2.24, 2.45) is 0 Å². The molecule has 2 radical (unpaired) electrons. The van der Waals surface area contributed by atoms with Crippen molar-refractivity contribution in [2.45, 2.75) is 0 Å². The van der Waals surface area contributed by atoms with E-state index in [1.807, 2.05) is 0 Å². The van der Waals surface area contributed by atoms with Crippen molar-refractivity contribution < 1.29 is 44.1 Å². The van der Waals surface area contributed by atoms with E-state index >= 15 is 0 Å². The molecule has 3 aromatic carbocycles. The van der Waals surface area contributed by atoms with E-state index in [0.29, 0.717) is 0 Å². The smallest absolute Gasteiger partial charge is 0.541 e. The predicted molar refractivity (Wildman–Crippen MR) is 113 cm³/mol. The van der Waals surface area contributed by atoms with Crippen LogP contribution in [-0.4, -0.2) is 61.5 Å². The van der Waals surface area contributed by atoms with Crippen LogP contribution in [0.4, 0.5) is 0 Å². The molecule has 0 spiro atoms. The fourth-order valence-electron chi connectivity index (χ4n) is 2.12. The molecule has 34 heavy (non-hydrogen) atoms. The number of rotatable bonds is 6. The van der Waals surface area contributed by atoms with Gasteiger partial charge in [-0.3, -0.25) is 14.4 Å². The second kappa shape index (κ2) is 15.7. The summed E-state index contributed by atoms with van der Waals surface area (Å²) in [7, 11) is 0. The molecular formula is C24H15BiO9. The third kappa shape index (κ3) is 10.5. The Morgan fingerprint density at radius 1 is 0.382 bits per heavy atom. The molecule has 0 amide bonds. The summed E-state index contributed by atoms with van der Waals surface area (Å²) in [6.07, 6.45) is 0. The Morgan fingerprint density at radius 2 is 0.559 bits per heavy atom. The molecular weight excluding hydrogens is 641 g/mol. The Hall–Kier alpha value is -4.04. The van der Waals surface area contributed by atoms with Gasteiger partial charge in [0.15, 0.2) is 0 Å². The van der Waals surface area contributed by atoms with E-state index in [1.165, 1.54) is 36.4 Å². The first kappa shape index (κ1) is 30.0. The molecule has 170 valence electrons. The van der Waals surface area contributed by atoms with Gasteiger partial charge in [-0.15, -0.1) is 0 Å². The Kier molecular flexibility index (Phi) is 13.8. The van der Waals surface area contributed by atoms with Gasteiger partial charge in [-0.1, -0.05) is 91.0 Å². The zero-order chi connectivity index (χ0) is 24.8. The summed E-state index contributed by atoms with van der Waals surface area (Å²) < 4.78 is 0. The van der Waals surface area contributed by atoms with Crippen molar-refractivity contribution >= 4 is 61.5 Å². The minimum atomic E-state index is -1.67. The molecule has 0 saturated carbocycles. The van der Waals surface area contributed by atoms with Crippen LogP contribution in [0.2, 0.25) is 0 Å². The molecule has 10 heteroatoms. The number of carboxylic acids is 3. The molecule has 0 aliphatic heterocycles. The van der Waals surface area contributed by atoms with E-state index < -0.39 is 35.3 Å². The topological polar surface area (TPSA) is 172 Å². The van der Waals surface area contributed by atoms with Crippen molar-refractivity contribution in [3.05, 3.63) is 108 Å². The second-order valence-corrected chi connectivity index (χ2v) is 5.95. The number of carboxylic acid groups (broad SMARTS) is 3. The van der Waals surface area contributed by atoms with Gasteiger partial charge in [0.05, 0.1) is 0 Å². The molecule has 0 aromatic heterocycles. The van der Waals surface area contributed by atoms with Gasteiger partial charge in [0.1, 0.15) is 17.9 Å². The summed E-state index contributed by atoms with van der Waals surface area (Å²) in [5.74, 6) is -7.95. The molecule has 9 nitrogen and oxygen atoms in total. The van der Waals surface area contributed by atoms with Crippen LogP contribution in [0.25, 0.3) is 0 Å². The quantitative estimate of drug-likeness (QED) is 0.174. The fraction of sp³-hybridized carbons (Fsp3) is 0. The first-order valence-electron chi connectivity index (χ1n) is 9.07. The Bertz CT molecular complexity index is 983. The molecule has 0 atom stereocenters. The third-order valence-corrected chi connectivity index (χ3v) is 3.66. The Balaban J connectivity index is 0.000000473. The molecule has 0 aliphatic carbocycles. The van der Waals surface area contributed by atoms with Crippen LogP contribution in [0.5, 0.6) is 0 Å². The van der Waals surface area contributed by atoms with E-state index in [0.717, 1.165) is 0 Å². The zero-order valence-electron chi connectivity index (χ0n) is 17.3. The van der Waals surface area contributed by atoms with E-state index in [4.69, 9.17) is 0 Å². The van der Waals surface area contributed by atoms with Gasteiger partial charge in [0.25, 0.3) is 0 Å². The van der Waals surface area contributed by atoms with Crippen molar-refractivity contribution in [1.29, 1.82) is 0 Å². The van der Waals surface area contributed by atoms with Crippen molar-refractivity contribution in [3.8, 4) is 0 Å². The molecule has 3 rings (SSSR count). The summed E-state index contributed by atoms with van der Waals surface area (Å²) in [4.78, 5) is 62.2. The average Bonchev–Trinajstić information content (AvgIpc) is 2.84. The summed E-state index contributed by atoms with van der Waals surface area (Å²) in [6.45, 7) is 0. The molecule has 3 aromatic rings. The van der Waals surface area contributed by atoms with E-state index in [2.05, 4.69) is 0 Å². The number of Topliss-reactive ketones (excluding diaryl/α,β-unsaturated/α-hetero) is 3.